The summed E-state index contributed by atoms with van der Waals surface area (Å²) in [6.45, 7) is 7.42. The third-order valence-corrected chi connectivity index (χ3v) is 2.18. The van der Waals surface area contributed by atoms with Gasteiger partial charge in [0.2, 0.25) is 0 Å². The Morgan fingerprint density at radius 3 is 2.38 bits per heavy atom. The summed E-state index contributed by atoms with van der Waals surface area (Å²) < 4.78 is 5.24. The van der Waals surface area contributed by atoms with Crippen molar-refractivity contribution in [1.29, 1.82) is 0 Å². The van der Waals surface area contributed by atoms with Gasteiger partial charge in [0, 0.05) is 0 Å². The van der Waals surface area contributed by atoms with Crippen LogP contribution in [0.5, 0.6) is 0 Å². The van der Waals surface area contributed by atoms with E-state index in [0.29, 0.717) is 0 Å². The van der Waals surface area contributed by atoms with E-state index in [2.05, 4.69) is 0 Å². The second-order valence-electron chi connectivity index (χ2n) is 4.87. The normalized spacial score (nSPS) is 13.3. The Kier molecular flexibility index (Phi) is 3.70. The topological polar surface area (TPSA) is 52.3 Å². The Balaban J connectivity index is 2.83. The summed E-state index contributed by atoms with van der Waals surface area (Å²) >= 11 is 0. The van der Waals surface area contributed by atoms with Gasteiger partial charge in [0.05, 0.1) is 0 Å². The number of carbonyl (C=O) groups excluding carboxylic acids is 1. The van der Waals surface area contributed by atoms with Gasteiger partial charge in [0.15, 0.2) is 0 Å². The van der Waals surface area contributed by atoms with Crippen molar-refractivity contribution in [3.63, 3.8) is 0 Å². The zero-order valence-electron chi connectivity index (χ0n) is 10.3. The van der Waals surface area contributed by atoms with Gasteiger partial charge in [0.1, 0.15) is 11.6 Å². The number of esters is 1. The van der Waals surface area contributed by atoms with E-state index in [-0.39, 0.29) is 5.97 Å². The highest BCUT2D eigenvalue weighted by Gasteiger charge is 2.24. The lowest BCUT2D eigenvalue weighted by Crippen LogP contribution is -2.31. The summed E-state index contributed by atoms with van der Waals surface area (Å²) in [6.07, 6.45) is 0. The fraction of sp³-hybridized carbons (Fsp3) is 0.462. The van der Waals surface area contributed by atoms with Crippen LogP contribution < -0.4 is 5.73 Å². The average Bonchev–Trinajstić information content (AvgIpc) is 2.15. The molecular formula is C13H19NO2. The predicted molar refractivity (Wildman–Crippen MR) is 64.0 cm³/mol. The van der Waals surface area contributed by atoms with E-state index < -0.39 is 11.6 Å². The Morgan fingerprint density at radius 2 is 1.88 bits per heavy atom. The molecule has 88 valence electrons. The van der Waals surface area contributed by atoms with Crippen molar-refractivity contribution in [1.82, 2.24) is 0 Å². The first-order chi connectivity index (χ1) is 7.31. The van der Waals surface area contributed by atoms with Gasteiger partial charge >= 0.3 is 5.97 Å². The number of rotatable bonds is 2. The van der Waals surface area contributed by atoms with Gasteiger partial charge in [-0.25, -0.2) is 4.79 Å². The number of hydrogen-bond donors (Lipinski definition) is 1. The van der Waals surface area contributed by atoms with Crippen LogP contribution in [0.4, 0.5) is 0 Å². The van der Waals surface area contributed by atoms with Crippen LogP contribution >= 0.6 is 0 Å². The van der Waals surface area contributed by atoms with E-state index in [1.807, 2.05) is 52.0 Å². The summed E-state index contributed by atoms with van der Waals surface area (Å²) in [4.78, 5) is 11.8. The van der Waals surface area contributed by atoms with Crippen LogP contribution in [0.1, 0.15) is 37.9 Å². The summed E-state index contributed by atoms with van der Waals surface area (Å²) in [5.41, 5.74) is 7.19. The van der Waals surface area contributed by atoms with Gasteiger partial charge in [0.25, 0.3) is 0 Å². The van der Waals surface area contributed by atoms with Crippen LogP contribution in [0.25, 0.3) is 0 Å². The second-order valence-corrected chi connectivity index (χ2v) is 4.87. The smallest absolute Gasteiger partial charge is 0.328 e. The first-order valence-corrected chi connectivity index (χ1v) is 5.35. The minimum absolute atomic E-state index is 0.387. The summed E-state index contributed by atoms with van der Waals surface area (Å²) in [5, 5.41) is 0. The number of hydrogen-bond acceptors (Lipinski definition) is 3. The molecule has 0 fully saturated rings. The van der Waals surface area contributed by atoms with Crippen LogP contribution in [0.3, 0.4) is 0 Å². The molecule has 1 aromatic rings. The third-order valence-electron chi connectivity index (χ3n) is 2.18. The molecule has 3 heteroatoms. The Labute approximate surface area is 96.6 Å². The largest absolute Gasteiger partial charge is 0.459 e. The quantitative estimate of drug-likeness (QED) is 0.780. The fourth-order valence-electron chi connectivity index (χ4n) is 1.43. The van der Waals surface area contributed by atoms with Crippen LogP contribution in [0, 0.1) is 6.92 Å². The van der Waals surface area contributed by atoms with Gasteiger partial charge in [-0.1, -0.05) is 24.3 Å². The van der Waals surface area contributed by atoms with Crippen molar-refractivity contribution in [2.24, 2.45) is 5.73 Å². The Morgan fingerprint density at radius 1 is 1.31 bits per heavy atom. The molecule has 0 spiro atoms. The molecule has 0 aliphatic carbocycles. The molecule has 3 nitrogen and oxygen atoms in total. The molecule has 1 aromatic carbocycles. The molecule has 0 amide bonds. The molecule has 0 aromatic heterocycles. The highest BCUT2D eigenvalue weighted by molar-refractivity contribution is 5.78. The monoisotopic (exact) mass is 221 g/mol. The van der Waals surface area contributed by atoms with E-state index in [9.17, 15) is 4.79 Å². The van der Waals surface area contributed by atoms with Gasteiger partial charge in [-0.05, 0) is 38.8 Å². The van der Waals surface area contributed by atoms with E-state index in [1.165, 1.54) is 0 Å². The van der Waals surface area contributed by atoms with Crippen molar-refractivity contribution >= 4 is 5.97 Å². The SMILES string of the molecule is Cc1ccccc1C(N)C(=O)OC(C)(C)C. The van der Waals surface area contributed by atoms with Crippen molar-refractivity contribution in [3.05, 3.63) is 35.4 Å². The van der Waals surface area contributed by atoms with Crippen molar-refractivity contribution in [2.75, 3.05) is 0 Å². The van der Waals surface area contributed by atoms with Crippen LogP contribution in [0.15, 0.2) is 24.3 Å². The number of ether oxygens (including phenoxy) is 1. The maximum absolute atomic E-state index is 11.8. The van der Waals surface area contributed by atoms with Crippen molar-refractivity contribution in [2.45, 2.75) is 39.3 Å². The zero-order chi connectivity index (χ0) is 12.3. The lowest BCUT2D eigenvalue weighted by Gasteiger charge is -2.22. The molecule has 0 aliphatic rings. The van der Waals surface area contributed by atoms with E-state index >= 15 is 0 Å². The lowest BCUT2D eigenvalue weighted by molar-refractivity contribution is -0.156. The van der Waals surface area contributed by atoms with Gasteiger partial charge in [-0.15, -0.1) is 0 Å². The Bertz CT molecular complexity index is 380. The Hall–Kier alpha value is -1.35. The summed E-state index contributed by atoms with van der Waals surface area (Å²) in [5.74, 6) is -0.387. The molecule has 1 rings (SSSR count). The third kappa shape index (κ3) is 3.35. The van der Waals surface area contributed by atoms with Gasteiger partial charge in [-0.2, -0.15) is 0 Å². The molecule has 0 saturated heterocycles. The molecule has 0 radical (unpaired) electrons. The maximum Gasteiger partial charge on any atom is 0.328 e. The number of benzene rings is 1. The molecular weight excluding hydrogens is 202 g/mol. The predicted octanol–water partition coefficient (Wildman–Crippen LogP) is 2.34. The molecule has 1 atom stereocenters. The first-order valence-electron chi connectivity index (χ1n) is 5.35. The summed E-state index contributed by atoms with van der Waals surface area (Å²) in [6, 6.07) is 6.86. The molecule has 2 N–H and O–H groups in total. The average molecular weight is 221 g/mol. The number of nitrogens with two attached hydrogens (primary N) is 1. The molecule has 16 heavy (non-hydrogen) atoms. The van der Waals surface area contributed by atoms with Gasteiger partial charge in [-0.3, -0.25) is 0 Å². The fourth-order valence-corrected chi connectivity index (χ4v) is 1.43. The van der Waals surface area contributed by atoms with Crippen molar-refractivity contribution in [3.8, 4) is 0 Å². The number of aryl methyl sites for hydroxylation is 1. The van der Waals surface area contributed by atoms with Crippen LogP contribution in [0.2, 0.25) is 0 Å². The maximum atomic E-state index is 11.8. The second kappa shape index (κ2) is 4.66. The first kappa shape index (κ1) is 12.7. The number of carbonyl (C=O) groups is 1. The molecule has 0 saturated carbocycles. The van der Waals surface area contributed by atoms with Crippen molar-refractivity contribution < 1.29 is 9.53 Å². The van der Waals surface area contributed by atoms with Gasteiger partial charge < -0.3 is 10.5 Å². The lowest BCUT2D eigenvalue weighted by atomic mass is 10.0. The standard InChI is InChI=1S/C13H19NO2/c1-9-7-5-6-8-10(9)11(14)12(15)16-13(2,3)4/h5-8,11H,14H2,1-4H3. The molecule has 1 unspecified atom stereocenters. The molecule has 0 heterocycles. The molecule has 0 bridgehead atoms. The van der Waals surface area contributed by atoms with E-state index in [4.69, 9.17) is 10.5 Å². The highest BCUT2D eigenvalue weighted by atomic mass is 16.6. The minimum atomic E-state index is -0.708. The minimum Gasteiger partial charge on any atom is -0.459 e. The highest BCUT2D eigenvalue weighted by Crippen LogP contribution is 2.19. The van der Waals surface area contributed by atoms with Crippen LogP contribution in [-0.2, 0) is 9.53 Å². The summed E-state index contributed by atoms with van der Waals surface area (Å²) in [7, 11) is 0. The van der Waals surface area contributed by atoms with E-state index in [0.717, 1.165) is 11.1 Å². The molecule has 0 aliphatic heterocycles. The van der Waals surface area contributed by atoms with E-state index in [1.54, 1.807) is 0 Å². The zero-order valence-corrected chi connectivity index (χ0v) is 10.3. The van der Waals surface area contributed by atoms with Crippen LogP contribution in [-0.4, -0.2) is 11.6 Å².